The van der Waals surface area contributed by atoms with Crippen LogP contribution < -0.4 is 10.6 Å². The van der Waals surface area contributed by atoms with Gasteiger partial charge in [-0.15, -0.1) is 0 Å². The molecule has 0 saturated carbocycles. The van der Waals surface area contributed by atoms with Crippen molar-refractivity contribution in [3.8, 4) is 11.5 Å². The van der Waals surface area contributed by atoms with Gasteiger partial charge in [-0.25, -0.2) is 4.79 Å². The van der Waals surface area contributed by atoms with E-state index in [0.29, 0.717) is 10.9 Å². The zero-order valence-corrected chi connectivity index (χ0v) is 21.4. The highest BCUT2D eigenvalue weighted by molar-refractivity contribution is 5.96. The minimum absolute atomic E-state index is 0.00450. The van der Waals surface area contributed by atoms with Crippen LogP contribution in [0.2, 0.25) is 0 Å². The highest BCUT2D eigenvalue weighted by Crippen LogP contribution is 2.34. The number of amides is 1. The highest BCUT2D eigenvalue weighted by Gasteiger charge is 2.31. The summed E-state index contributed by atoms with van der Waals surface area (Å²) in [5.41, 5.74) is 2.17. The van der Waals surface area contributed by atoms with Crippen LogP contribution in [0.1, 0.15) is 24.3 Å². The Hall–Kier alpha value is -4.06. The van der Waals surface area contributed by atoms with Crippen LogP contribution in [-0.4, -0.2) is 58.1 Å². The average molecular weight is 543 g/mol. The number of rotatable bonds is 8. The second-order valence-corrected chi connectivity index (χ2v) is 9.62. The van der Waals surface area contributed by atoms with Gasteiger partial charge >= 0.3 is 12.3 Å². The second-order valence-electron chi connectivity index (χ2n) is 9.62. The SMILES string of the molecule is CN1CCC(Nc2cccc3c2cc(-c2noc(CNC(=O)OCc4ccccc4)n2)n3CC(F)(F)F)CC1. The molecule has 4 aromatic rings. The molecule has 5 rings (SSSR count). The molecule has 0 spiro atoms. The van der Waals surface area contributed by atoms with Crippen LogP contribution in [0.15, 0.2) is 59.1 Å². The van der Waals surface area contributed by atoms with E-state index in [9.17, 15) is 18.0 Å². The van der Waals surface area contributed by atoms with Crippen LogP contribution in [0, 0.1) is 0 Å². The summed E-state index contributed by atoms with van der Waals surface area (Å²) in [4.78, 5) is 18.6. The summed E-state index contributed by atoms with van der Waals surface area (Å²) in [7, 11) is 2.07. The van der Waals surface area contributed by atoms with Crippen LogP contribution in [0.5, 0.6) is 0 Å². The standard InChI is InChI=1S/C27H29F3N6O3/c1-35-12-10-19(11-13-35)32-21-8-5-9-22-20(21)14-23(36(22)17-27(28,29)30)25-33-24(39-34-25)15-31-26(37)38-16-18-6-3-2-4-7-18/h2-9,14,19,32H,10-13,15-17H2,1H3,(H,31,37). The zero-order chi connectivity index (χ0) is 27.4. The van der Waals surface area contributed by atoms with Crippen molar-refractivity contribution in [1.29, 1.82) is 0 Å². The number of piperidine rings is 1. The Labute approximate surface area is 222 Å². The van der Waals surface area contributed by atoms with E-state index in [1.54, 1.807) is 18.2 Å². The van der Waals surface area contributed by atoms with Gasteiger partial charge in [0, 0.05) is 17.1 Å². The number of nitrogens with one attached hydrogen (secondary N) is 2. The molecule has 0 aliphatic carbocycles. The van der Waals surface area contributed by atoms with Crippen molar-refractivity contribution in [2.24, 2.45) is 0 Å². The average Bonchev–Trinajstić information content (AvgIpc) is 3.53. The molecule has 0 radical (unpaired) electrons. The van der Waals surface area contributed by atoms with Gasteiger partial charge in [-0.2, -0.15) is 18.2 Å². The molecule has 0 unspecified atom stereocenters. The van der Waals surface area contributed by atoms with Crippen molar-refractivity contribution in [2.45, 2.75) is 44.8 Å². The topological polar surface area (TPSA) is 97.5 Å². The highest BCUT2D eigenvalue weighted by atomic mass is 19.4. The number of halogens is 3. The number of nitrogens with zero attached hydrogens (tertiary/aromatic N) is 4. The largest absolute Gasteiger partial charge is 0.445 e. The van der Waals surface area contributed by atoms with Crippen molar-refractivity contribution in [2.75, 3.05) is 25.5 Å². The van der Waals surface area contributed by atoms with Gasteiger partial charge in [0.1, 0.15) is 19.7 Å². The molecule has 0 bridgehead atoms. The molecule has 39 heavy (non-hydrogen) atoms. The second kappa shape index (κ2) is 11.4. The molecule has 1 fully saturated rings. The van der Waals surface area contributed by atoms with Crippen LogP contribution in [0.25, 0.3) is 22.4 Å². The fraction of sp³-hybridized carbons (Fsp3) is 0.370. The molecular weight excluding hydrogens is 513 g/mol. The van der Waals surface area contributed by atoms with E-state index in [0.717, 1.165) is 41.7 Å². The lowest BCUT2D eigenvalue weighted by Gasteiger charge is -2.30. The Kier molecular flexibility index (Phi) is 7.73. The van der Waals surface area contributed by atoms with E-state index in [4.69, 9.17) is 9.26 Å². The summed E-state index contributed by atoms with van der Waals surface area (Å²) >= 11 is 0. The Bertz CT molecular complexity index is 1410. The molecule has 0 atom stereocenters. The number of alkyl carbamates (subject to hydrolysis) is 1. The number of likely N-dealkylation sites (tertiary alicyclic amines) is 1. The summed E-state index contributed by atoms with van der Waals surface area (Å²) in [6.07, 6.45) is -3.26. The summed E-state index contributed by atoms with van der Waals surface area (Å²) in [6.45, 7) is 0.647. The summed E-state index contributed by atoms with van der Waals surface area (Å²) in [6, 6.07) is 16.3. The predicted octanol–water partition coefficient (Wildman–Crippen LogP) is 5.19. The number of hydrogen-bond donors (Lipinski definition) is 2. The molecule has 1 aliphatic heterocycles. The monoisotopic (exact) mass is 542 g/mol. The maximum atomic E-state index is 13.6. The number of hydrogen-bond acceptors (Lipinski definition) is 7. The Balaban J connectivity index is 1.34. The first-order valence-electron chi connectivity index (χ1n) is 12.7. The number of aromatic nitrogens is 3. The molecule has 2 aromatic heterocycles. The third kappa shape index (κ3) is 6.69. The fourth-order valence-corrected chi connectivity index (χ4v) is 4.67. The smallest absolute Gasteiger partial charge is 0.407 e. The quantitative estimate of drug-likeness (QED) is 0.316. The van der Waals surface area contributed by atoms with Crippen molar-refractivity contribution < 1.29 is 27.2 Å². The molecule has 2 aromatic carbocycles. The minimum Gasteiger partial charge on any atom is -0.445 e. The molecule has 1 amide bonds. The van der Waals surface area contributed by atoms with Gasteiger partial charge < -0.3 is 29.4 Å². The lowest BCUT2D eigenvalue weighted by atomic mass is 10.0. The van der Waals surface area contributed by atoms with Crippen LogP contribution in [0.3, 0.4) is 0 Å². The summed E-state index contributed by atoms with van der Waals surface area (Å²) < 4.78 is 52.3. The van der Waals surface area contributed by atoms with Gasteiger partial charge in [-0.05, 0) is 56.7 Å². The third-order valence-corrected chi connectivity index (χ3v) is 6.66. The van der Waals surface area contributed by atoms with E-state index in [2.05, 4.69) is 32.7 Å². The Morgan fingerprint density at radius 2 is 1.90 bits per heavy atom. The lowest BCUT2D eigenvalue weighted by molar-refractivity contribution is -0.139. The molecule has 9 nitrogen and oxygen atoms in total. The van der Waals surface area contributed by atoms with Crippen molar-refractivity contribution in [3.05, 3.63) is 66.1 Å². The molecular formula is C27H29F3N6O3. The molecule has 1 aliphatic rings. The van der Waals surface area contributed by atoms with Gasteiger partial charge in [0.05, 0.1) is 11.2 Å². The van der Waals surface area contributed by atoms with E-state index < -0.39 is 18.8 Å². The van der Waals surface area contributed by atoms with E-state index in [1.807, 2.05) is 36.4 Å². The van der Waals surface area contributed by atoms with E-state index >= 15 is 0 Å². The first kappa shape index (κ1) is 26.5. The Morgan fingerprint density at radius 1 is 1.13 bits per heavy atom. The number of alkyl halides is 3. The van der Waals surface area contributed by atoms with E-state index in [1.165, 1.54) is 0 Å². The van der Waals surface area contributed by atoms with Crippen LogP contribution in [-0.2, 0) is 24.4 Å². The fourth-order valence-electron chi connectivity index (χ4n) is 4.67. The third-order valence-electron chi connectivity index (χ3n) is 6.66. The lowest BCUT2D eigenvalue weighted by Crippen LogP contribution is -2.36. The van der Waals surface area contributed by atoms with Crippen molar-refractivity contribution in [1.82, 2.24) is 24.9 Å². The number of fused-ring (bicyclic) bond motifs is 1. The first-order chi connectivity index (χ1) is 18.7. The number of anilines is 1. The van der Waals surface area contributed by atoms with Gasteiger partial charge in [-0.1, -0.05) is 41.6 Å². The van der Waals surface area contributed by atoms with E-state index in [-0.39, 0.29) is 36.6 Å². The maximum absolute atomic E-state index is 13.6. The Morgan fingerprint density at radius 3 is 2.64 bits per heavy atom. The summed E-state index contributed by atoms with van der Waals surface area (Å²) in [5, 5.41) is 10.6. The maximum Gasteiger partial charge on any atom is 0.407 e. The van der Waals surface area contributed by atoms with Gasteiger partial charge in [0.25, 0.3) is 0 Å². The molecule has 12 heteroatoms. The van der Waals surface area contributed by atoms with Gasteiger partial charge in [0.2, 0.25) is 11.7 Å². The first-order valence-corrected chi connectivity index (χ1v) is 12.7. The van der Waals surface area contributed by atoms with Crippen LogP contribution in [0.4, 0.5) is 23.7 Å². The number of carbonyl (C=O) groups is 1. The molecule has 2 N–H and O–H groups in total. The molecule has 1 saturated heterocycles. The minimum atomic E-state index is -4.46. The molecule has 3 heterocycles. The normalized spacial score (nSPS) is 15.0. The van der Waals surface area contributed by atoms with Gasteiger partial charge in [-0.3, -0.25) is 0 Å². The van der Waals surface area contributed by atoms with Gasteiger partial charge in [0.15, 0.2) is 0 Å². The molecule has 206 valence electrons. The predicted molar refractivity (Wildman–Crippen MR) is 139 cm³/mol. The number of carbonyl (C=O) groups excluding carboxylic acids is 1. The summed E-state index contributed by atoms with van der Waals surface area (Å²) in [5.74, 6) is 0.0327. The number of ether oxygens (including phenoxy) is 1. The number of benzene rings is 2. The van der Waals surface area contributed by atoms with Crippen LogP contribution >= 0.6 is 0 Å². The van der Waals surface area contributed by atoms with Crippen molar-refractivity contribution >= 4 is 22.7 Å². The zero-order valence-electron chi connectivity index (χ0n) is 21.4. The van der Waals surface area contributed by atoms with Crippen molar-refractivity contribution in [3.63, 3.8) is 0 Å².